The monoisotopic (exact) mass is 220 g/mol. The zero-order valence-electron chi connectivity index (χ0n) is 9.35. The third-order valence-corrected chi connectivity index (χ3v) is 2.90. The van der Waals surface area contributed by atoms with E-state index in [4.69, 9.17) is 10.5 Å². The third-order valence-electron chi connectivity index (χ3n) is 2.90. The second-order valence-electron chi connectivity index (χ2n) is 4.10. The van der Waals surface area contributed by atoms with Gasteiger partial charge >= 0.3 is 6.09 Å². The number of nitrogens with zero attached hydrogens (tertiary/aromatic N) is 1. The lowest BCUT2D eigenvalue weighted by Gasteiger charge is -2.29. The zero-order valence-corrected chi connectivity index (χ0v) is 9.35. The average Bonchev–Trinajstić information content (AvgIpc) is 2.33. The molecule has 4 nitrogen and oxygen atoms in total. The van der Waals surface area contributed by atoms with Crippen LogP contribution in [0.5, 0.6) is 0 Å². The van der Waals surface area contributed by atoms with Crippen LogP contribution in [-0.4, -0.2) is 31.2 Å². The van der Waals surface area contributed by atoms with E-state index in [9.17, 15) is 4.79 Å². The number of likely N-dealkylation sites (N-methyl/N-ethyl adjacent to an activating group) is 1. The Balaban J connectivity index is 2.09. The topological polar surface area (TPSA) is 55.6 Å². The summed E-state index contributed by atoms with van der Waals surface area (Å²) in [7, 11) is 1.75. The van der Waals surface area contributed by atoms with Crippen molar-refractivity contribution in [1.29, 1.82) is 0 Å². The standard InChI is InChI=1S/C12H16N2O2/c1-14-7-11(8-16-12(14)15)10-4-2-9(6-13)3-5-10/h2-5,11H,6-8,13H2,1H3. The Bertz CT molecular complexity index is 375. The van der Waals surface area contributed by atoms with Gasteiger partial charge in [-0.05, 0) is 11.1 Å². The summed E-state index contributed by atoms with van der Waals surface area (Å²) in [4.78, 5) is 12.8. The number of benzene rings is 1. The van der Waals surface area contributed by atoms with Gasteiger partial charge in [0.1, 0.15) is 6.61 Å². The molecule has 0 bridgehead atoms. The first-order chi connectivity index (χ1) is 7.70. The number of hydrogen-bond donors (Lipinski definition) is 1. The van der Waals surface area contributed by atoms with E-state index < -0.39 is 0 Å². The van der Waals surface area contributed by atoms with E-state index in [1.54, 1.807) is 11.9 Å². The van der Waals surface area contributed by atoms with Crippen LogP contribution in [0.25, 0.3) is 0 Å². The summed E-state index contributed by atoms with van der Waals surface area (Å²) in [5.41, 5.74) is 7.85. The van der Waals surface area contributed by atoms with Gasteiger partial charge in [0.25, 0.3) is 0 Å². The van der Waals surface area contributed by atoms with Crippen LogP contribution in [-0.2, 0) is 11.3 Å². The zero-order chi connectivity index (χ0) is 11.5. The largest absolute Gasteiger partial charge is 0.449 e. The summed E-state index contributed by atoms with van der Waals surface area (Å²) in [6, 6.07) is 8.15. The smallest absolute Gasteiger partial charge is 0.409 e. The van der Waals surface area contributed by atoms with E-state index in [0.717, 1.165) is 5.56 Å². The van der Waals surface area contributed by atoms with Crippen LogP contribution >= 0.6 is 0 Å². The number of nitrogens with two attached hydrogens (primary N) is 1. The number of ether oxygens (including phenoxy) is 1. The molecule has 1 amide bonds. The number of rotatable bonds is 2. The Morgan fingerprint density at radius 1 is 1.44 bits per heavy atom. The van der Waals surface area contributed by atoms with Gasteiger partial charge in [0, 0.05) is 26.1 Å². The van der Waals surface area contributed by atoms with Crippen molar-refractivity contribution in [2.75, 3.05) is 20.2 Å². The molecule has 0 spiro atoms. The highest BCUT2D eigenvalue weighted by Gasteiger charge is 2.25. The van der Waals surface area contributed by atoms with Crippen LogP contribution in [0.3, 0.4) is 0 Å². The summed E-state index contributed by atoms with van der Waals surface area (Å²) in [5.74, 6) is 0.259. The molecule has 1 fully saturated rings. The molecule has 86 valence electrons. The number of carbonyl (C=O) groups is 1. The Morgan fingerprint density at radius 3 is 2.69 bits per heavy atom. The molecule has 1 aromatic carbocycles. The van der Waals surface area contributed by atoms with Gasteiger partial charge in [-0.2, -0.15) is 0 Å². The van der Waals surface area contributed by atoms with Crippen LogP contribution < -0.4 is 5.73 Å². The van der Waals surface area contributed by atoms with E-state index in [0.29, 0.717) is 19.7 Å². The molecule has 1 unspecified atom stereocenters. The van der Waals surface area contributed by atoms with Crippen molar-refractivity contribution in [1.82, 2.24) is 4.90 Å². The molecule has 0 aromatic heterocycles. The molecule has 0 saturated carbocycles. The van der Waals surface area contributed by atoms with Gasteiger partial charge in [-0.1, -0.05) is 24.3 Å². The molecular formula is C12H16N2O2. The molecule has 16 heavy (non-hydrogen) atoms. The molecule has 1 saturated heterocycles. The van der Waals surface area contributed by atoms with E-state index in [-0.39, 0.29) is 12.0 Å². The van der Waals surface area contributed by atoms with Crippen LogP contribution in [0, 0.1) is 0 Å². The fourth-order valence-electron chi connectivity index (χ4n) is 1.87. The molecule has 1 atom stereocenters. The van der Waals surface area contributed by atoms with Crippen LogP contribution in [0.1, 0.15) is 17.0 Å². The molecule has 1 aromatic rings. The van der Waals surface area contributed by atoms with Crippen LogP contribution in [0.15, 0.2) is 24.3 Å². The lowest BCUT2D eigenvalue weighted by atomic mass is 9.97. The van der Waals surface area contributed by atoms with Crippen molar-refractivity contribution in [3.8, 4) is 0 Å². The molecule has 4 heteroatoms. The average molecular weight is 220 g/mol. The number of carbonyl (C=O) groups excluding carboxylic acids is 1. The molecule has 2 N–H and O–H groups in total. The highest BCUT2D eigenvalue weighted by Crippen LogP contribution is 2.21. The number of amides is 1. The van der Waals surface area contributed by atoms with Crippen molar-refractivity contribution in [2.45, 2.75) is 12.5 Å². The van der Waals surface area contributed by atoms with Crippen LogP contribution in [0.2, 0.25) is 0 Å². The maximum absolute atomic E-state index is 11.2. The second-order valence-corrected chi connectivity index (χ2v) is 4.10. The Labute approximate surface area is 95.0 Å². The van der Waals surface area contributed by atoms with Crippen molar-refractivity contribution in [3.63, 3.8) is 0 Å². The van der Waals surface area contributed by atoms with Crippen molar-refractivity contribution in [3.05, 3.63) is 35.4 Å². The molecule has 0 radical (unpaired) electrons. The Morgan fingerprint density at radius 2 is 2.12 bits per heavy atom. The van der Waals surface area contributed by atoms with Gasteiger partial charge in [-0.15, -0.1) is 0 Å². The summed E-state index contributed by atoms with van der Waals surface area (Å²) >= 11 is 0. The van der Waals surface area contributed by atoms with Gasteiger partial charge in [-0.3, -0.25) is 0 Å². The third kappa shape index (κ3) is 2.17. The predicted molar refractivity (Wildman–Crippen MR) is 61.1 cm³/mol. The van der Waals surface area contributed by atoms with Crippen molar-refractivity contribution >= 4 is 6.09 Å². The van der Waals surface area contributed by atoms with Gasteiger partial charge < -0.3 is 15.4 Å². The number of cyclic esters (lactones) is 1. The maximum Gasteiger partial charge on any atom is 0.409 e. The predicted octanol–water partition coefficient (Wildman–Crippen LogP) is 1.31. The SMILES string of the molecule is CN1CC(c2ccc(CN)cc2)COC1=O. The quantitative estimate of drug-likeness (QED) is 0.817. The fourth-order valence-corrected chi connectivity index (χ4v) is 1.87. The number of hydrogen-bond acceptors (Lipinski definition) is 3. The minimum Gasteiger partial charge on any atom is -0.449 e. The van der Waals surface area contributed by atoms with Gasteiger partial charge in [0.05, 0.1) is 0 Å². The molecular weight excluding hydrogens is 204 g/mol. The fraction of sp³-hybridized carbons (Fsp3) is 0.417. The van der Waals surface area contributed by atoms with E-state index in [1.165, 1.54) is 5.56 Å². The lowest BCUT2D eigenvalue weighted by molar-refractivity contribution is 0.0718. The van der Waals surface area contributed by atoms with Gasteiger partial charge in [-0.25, -0.2) is 4.79 Å². The Kier molecular flexibility index (Phi) is 3.10. The van der Waals surface area contributed by atoms with E-state index in [1.807, 2.05) is 12.1 Å². The van der Waals surface area contributed by atoms with Crippen LogP contribution in [0.4, 0.5) is 4.79 Å². The molecule has 1 aliphatic rings. The highest BCUT2D eigenvalue weighted by atomic mass is 16.6. The van der Waals surface area contributed by atoms with Crippen molar-refractivity contribution in [2.24, 2.45) is 5.73 Å². The highest BCUT2D eigenvalue weighted by molar-refractivity contribution is 5.68. The summed E-state index contributed by atoms with van der Waals surface area (Å²) in [5, 5.41) is 0. The maximum atomic E-state index is 11.2. The van der Waals surface area contributed by atoms with E-state index in [2.05, 4.69) is 12.1 Å². The molecule has 2 rings (SSSR count). The minimum atomic E-state index is -0.241. The summed E-state index contributed by atoms with van der Waals surface area (Å²) in [6.45, 7) is 1.73. The first kappa shape index (κ1) is 11.0. The van der Waals surface area contributed by atoms with Gasteiger partial charge in [0.2, 0.25) is 0 Å². The summed E-state index contributed by atoms with van der Waals surface area (Å²) < 4.78 is 5.08. The minimum absolute atomic E-state index is 0.241. The molecule has 0 aliphatic carbocycles. The van der Waals surface area contributed by atoms with Crippen molar-refractivity contribution < 1.29 is 9.53 Å². The second kappa shape index (κ2) is 4.53. The summed E-state index contributed by atoms with van der Waals surface area (Å²) in [6.07, 6.45) is -0.241. The molecule has 1 heterocycles. The lowest BCUT2D eigenvalue weighted by Crippen LogP contribution is -2.39. The van der Waals surface area contributed by atoms with Gasteiger partial charge in [0.15, 0.2) is 0 Å². The Hall–Kier alpha value is -1.55. The first-order valence-corrected chi connectivity index (χ1v) is 5.37. The van der Waals surface area contributed by atoms with E-state index >= 15 is 0 Å². The first-order valence-electron chi connectivity index (χ1n) is 5.37. The molecule has 1 aliphatic heterocycles. The normalized spacial score (nSPS) is 20.8.